The van der Waals surface area contributed by atoms with Crippen molar-refractivity contribution in [3.63, 3.8) is 0 Å². The molecule has 1 unspecified atom stereocenters. The van der Waals surface area contributed by atoms with Gasteiger partial charge in [0, 0.05) is 44.9 Å². The molecule has 0 saturated carbocycles. The van der Waals surface area contributed by atoms with Gasteiger partial charge in [0.15, 0.2) is 0 Å². The minimum absolute atomic E-state index is 0.146. The van der Waals surface area contributed by atoms with E-state index in [4.69, 9.17) is 9.47 Å². The molecule has 4 aliphatic rings. The second-order valence-electron chi connectivity index (χ2n) is 10.1. The van der Waals surface area contributed by atoms with Gasteiger partial charge >= 0.3 is 0 Å². The number of ether oxygens (including phenoxy) is 2. The molecule has 0 spiro atoms. The average Bonchev–Trinajstić information content (AvgIpc) is 3.49. The van der Waals surface area contributed by atoms with Gasteiger partial charge in [-0.15, -0.1) is 0 Å². The van der Waals surface area contributed by atoms with Crippen molar-refractivity contribution >= 4 is 5.91 Å². The molecule has 0 N–H and O–H groups in total. The van der Waals surface area contributed by atoms with E-state index in [2.05, 4.69) is 34.1 Å². The number of hydrogen-bond donors (Lipinski definition) is 0. The van der Waals surface area contributed by atoms with E-state index < -0.39 is 0 Å². The topological polar surface area (TPSA) is 42.0 Å². The maximum Gasteiger partial charge on any atom is 0.225 e. The smallest absolute Gasteiger partial charge is 0.225 e. The van der Waals surface area contributed by atoms with Crippen LogP contribution in [0.2, 0.25) is 0 Å². The quantitative estimate of drug-likeness (QED) is 0.700. The van der Waals surface area contributed by atoms with Gasteiger partial charge in [-0.3, -0.25) is 9.69 Å². The first kappa shape index (κ1) is 21.4. The Labute approximate surface area is 187 Å². The molecule has 1 amide bonds. The van der Waals surface area contributed by atoms with Gasteiger partial charge in [-0.25, -0.2) is 0 Å². The van der Waals surface area contributed by atoms with E-state index in [1.807, 2.05) is 0 Å². The van der Waals surface area contributed by atoms with Gasteiger partial charge in [0.05, 0.1) is 6.10 Å². The van der Waals surface area contributed by atoms with Crippen LogP contribution in [0.5, 0.6) is 0 Å². The van der Waals surface area contributed by atoms with Crippen molar-refractivity contribution in [1.82, 2.24) is 9.80 Å². The number of benzene rings is 1. The van der Waals surface area contributed by atoms with Crippen molar-refractivity contribution in [3.8, 4) is 0 Å². The molecule has 5 rings (SSSR count). The van der Waals surface area contributed by atoms with Crippen LogP contribution < -0.4 is 0 Å². The molecule has 0 radical (unpaired) electrons. The summed E-state index contributed by atoms with van der Waals surface area (Å²) in [5, 5.41) is 0. The number of carbonyl (C=O) groups is 1. The Morgan fingerprint density at radius 3 is 2.29 bits per heavy atom. The van der Waals surface area contributed by atoms with Gasteiger partial charge in [0.2, 0.25) is 5.91 Å². The Kier molecular flexibility index (Phi) is 6.92. The molecule has 0 bridgehead atoms. The zero-order valence-corrected chi connectivity index (χ0v) is 18.8. The molecule has 1 aromatic rings. The lowest BCUT2D eigenvalue weighted by Crippen LogP contribution is -2.48. The Hall–Kier alpha value is -1.43. The van der Waals surface area contributed by atoms with E-state index in [1.54, 1.807) is 11.1 Å². The summed E-state index contributed by atoms with van der Waals surface area (Å²) >= 11 is 0. The van der Waals surface area contributed by atoms with E-state index in [1.165, 1.54) is 38.8 Å². The van der Waals surface area contributed by atoms with Gasteiger partial charge in [0.25, 0.3) is 0 Å². The number of amides is 1. The number of likely N-dealkylation sites (tertiary alicyclic amines) is 1. The Morgan fingerprint density at radius 1 is 0.935 bits per heavy atom. The SMILES string of the molecule is O=C(C1CCOCC1)N(CC1CCN(C2Cc3ccccc3C2)CC1)CC1CCCO1. The monoisotopic (exact) mass is 426 g/mol. The molecule has 3 fully saturated rings. The molecule has 170 valence electrons. The van der Waals surface area contributed by atoms with Crippen LogP contribution in [-0.2, 0) is 27.1 Å². The maximum absolute atomic E-state index is 13.4. The van der Waals surface area contributed by atoms with E-state index in [0.29, 0.717) is 17.9 Å². The standard InChI is InChI=1S/C26H38N2O3/c29-26(21-9-14-30-15-10-21)28(19-25-6-3-13-31-25)18-20-7-11-27(12-8-20)24-16-22-4-1-2-5-23(22)17-24/h1-2,4-5,20-21,24-25H,3,6-19H2. The third-order valence-corrected chi connectivity index (χ3v) is 8.00. The largest absolute Gasteiger partial charge is 0.381 e. The zero-order chi connectivity index (χ0) is 21.0. The lowest BCUT2D eigenvalue weighted by molar-refractivity contribution is -0.141. The molecule has 1 aromatic carbocycles. The summed E-state index contributed by atoms with van der Waals surface area (Å²) in [4.78, 5) is 18.3. The molecular weight excluding hydrogens is 388 g/mol. The Morgan fingerprint density at radius 2 is 1.65 bits per heavy atom. The molecular formula is C26H38N2O3. The second kappa shape index (κ2) is 10.0. The van der Waals surface area contributed by atoms with Crippen LogP contribution in [0.4, 0.5) is 0 Å². The summed E-state index contributed by atoms with van der Waals surface area (Å²) in [5.41, 5.74) is 3.08. The fourth-order valence-electron chi connectivity index (χ4n) is 6.10. The van der Waals surface area contributed by atoms with Crippen LogP contribution in [0.1, 0.15) is 49.7 Å². The highest BCUT2D eigenvalue weighted by Gasteiger charge is 2.33. The predicted octanol–water partition coefficient (Wildman–Crippen LogP) is 3.30. The van der Waals surface area contributed by atoms with Crippen molar-refractivity contribution in [1.29, 1.82) is 0 Å². The van der Waals surface area contributed by atoms with Gasteiger partial charge in [-0.2, -0.15) is 0 Å². The summed E-state index contributed by atoms with van der Waals surface area (Å²) in [6.07, 6.45) is 9.03. The molecule has 31 heavy (non-hydrogen) atoms. The summed E-state index contributed by atoms with van der Waals surface area (Å²) in [6.45, 7) is 6.35. The van der Waals surface area contributed by atoms with Gasteiger partial charge < -0.3 is 14.4 Å². The highest BCUT2D eigenvalue weighted by Crippen LogP contribution is 2.30. The van der Waals surface area contributed by atoms with Gasteiger partial charge in [-0.05, 0) is 81.5 Å². The van der Waals surface area contributed by atoms with Crippen LogP contribution in [0.25, 0.3) is 0 Å². The van der Waals surface area contributed by atoms with Crippen molar-refractivity contribution in [2.24, 2.45) is 11.8 Å². The highest BCUT2D eigenvalue weighted by molar-refractivity contribution is 5.79. The molecule has 0 aromatic heterocycles. The predicted molar refractivity (Wildman–Crippen MR) is 121 cm³/mol. The normalized spacial score (nSPS) is 26.3. The third-order valence-electron chi connectivity index (χ3n) is 8.00. The Bertz CT molecular complexity index is 709. The molecule has 3 aliphatic heterocycles. The number of nitrogens with zero attached hydrogens (tertiary/aromatic N) is 2. The average molecular weight is 427 g/mol. The van der Waals surface area contributed by atoms with Crippen LogP contribution in [-0.4, -0.2) is 73.9 Å². The number of piperidine rings is 1. The molecule has 3 heterocycles. The Balaban J connectivity index is 1.15. The summed E-state index contributed by atoms with van der Waals surface area (Å²) < 4.78 is 11.4. The maximum atomic E-state index is 13.4. The molecule has 1 aliphatic carbocycles. The second-order valence-corrected chi connectivity index (χ2v) is 10.1. The summed E-state index contributed by atoms with van der Waals surface area (Å²) in [7, 11) is 0. The third kappa shape index (κ3) is 5.15. The summed E-state index contributed by atoms with van der Waals surface area (Å²) in [6, 6.07) is 9.61. The van der Waals surface area contributed by atoms with Crippen molar-refractivity contribution < 1.29 is 14.3 Å². The molecule has 1 atom stereocenters. The minimum atomic E-state index is 0.146. The fraction of sp³-hybridized carbons (Fsp3) is 0.731. The van der Waals surface area contributed by atoms with Crippen molar-refractivity contribution in [3.05, 3.63) is 35.4 Å². The zero-order valence-electron chi connectivity index (χ0n) is 18.8. The van der Waals surface area contributed by atoms with Crippen molar-refractivity contribution in [2.45, 2.75) is 63.5 Å². The number of hydrogen-bond acceptors (Lipinski definition) is 4. The van der Waals surface area contributed by atoms with Crippen LogP contribution >= 0.6 is 0 Å². The number of rotatable bonds is 6. The molecule has 5 nitrogen and oxygen atoms in total. The van der Waals surface area contributed by atoms with Crippen molar-refractivity contribution in [2.75, 3.05) is 46.0 Å². The van der Waals surface area contributed by atoms with E-state index in [9.17, 15) is 4.79 Å². The lowest BCUT2D eigenvalue weighted by Gasteiger charge is -2.39. The van der Waals surface area contributed by atoms with Gasteiger partial charge in [-0.1, -0.05) is 24.3 Å². The number of carbonyl (C=O) groups excluding carboxylic acids is 1. The fourth-order valence-corrected chi connectivity index (χ4v) is 6.10. The first-order valence-electron chi connectivity index (χ1n) is 12.5. The van der Waals surface area contributed by atoms with Crippen LogP contribution in [0, 0.1) is 11.8 Å². The van der Waals surface area contributed by atoms with Crippen LogP contribution in [0.15, 0.2) is 24.3 Å². The minimum Gasteiger partial charge on any atom is -0.381 e. The lowest BCUT2D eigenvalue weighted by atomic mass is 9.92. The highest BCUT2D eigenvalue weighted by atomic mass is 16.5. The van der Waals surface area contributed by atoms with E-state index in [0.717, 1.165) is 58.6 Å². The van der Waals surface area contributed by atoms with E-state index in [-0.39, 0.29) is 12.0 Å². The van der Waals surface area contributed by atoms with E-state index >= 15 is 0 Å². The first-order valence-corrected chi connectivity index (χ1v) is 12.5. The number of fused-ring (bicyclic) bond motifs is 1. The van der Waals surface area contributed by atoms with Crippen LogP contribution in [0.3, 0.4) is 0 Å². The molecule has 5 heteroatoms. The molecule has 3 saturated heterocycles. The van der Waals surface area contributed by atoms with Gasteiger partial charge in [0.1, 0.15) is 0 Å². The first-order chi connectivity index (χ1) is 15.3. The summed E-state index contributed by atoms with van der Waals surface area (Å²) in [5.74, 6) is 1.12.